The third-order valence-electron chi connectivity index (χ3n) is 3.07. The van der Waals surface area contributed by atoms with E-state index in [1.54, 1.807) is 6.20 Å². The second kappa shape index (κ2) is 4.66. The first-order valence-corrected chi connectivity index (χ1v) is 6.86. The van der Waals surface area contributed by atoms with E-state index in [0.717, 1.165) is 33.4 Å². The highest BCUT2D eigenvalue weighted by molar-refractivity contribution is 9.10. The minimum Gasteiger partial charge on any atom is -0.384 e. The molecule has 3 rings (SSSR count). The fourth-order valence-electron chi connectivity index (χ4n) is 2.23. The lowest BCUT2D eigenvalue weighted by molar-refractivity contribution is 0.796. The Balaban J connectivity index is 2.28. The lowest BCUT2D eigenvalue weighted by atomic mass is 10.2. The number of fused-ring (bicyclic) bond motifs is 1. The molecule has 3 aromatic rings. The van der Waals surface area contributed by atoms with Crippen molar-refractivity contribution in [3.05, 3.63) is 41.0 Å². The molecule has 5 heteroatoms. The van der Waals surface area contributed by atoms with Gasteiger partial charge in [0.2, 0.25) is 0 Å². The highest BCUT2D eigenvalue weighted by Crippen LogP contribution is 2.27. The summed E-state index contributed by atoms with van der Waals surface area (Å²) < 4.78 is 3.21. The number of benzene rings is 1. The van der Waals surface area contributed by atoms with Crippen LogP contribution in [-0.2, 0) is 6.54 Å². The number of halogens is 1. The van der Waals surface area contributed by atoms with Gasteiger partial charge in [-0.2, -0.15) is 0 Å². The molecule has 1 aromatic carbocycles. The molecule has 0 saturated carbocycles. The molecule has 0 unspecified atom stereocenters. The molecule has 0 aliphatic rings. The van der Waals surface area contributed by atoms with Crippen LogP contribution in [0.5, 0.6) is 0 Å². The number of hydrogen-bond donors (Lipinski definition) is 1. The summed E-state index contributed by atoms with van der Waals surface area (Å²) in [4.78, 5) is 8.73. The molecule has 0 radical (unpaired) electrons. The number of hydrogen-bond acceptors (Lipinski definition) is 3. The van der Waals surface area contributed by atoms with Crippen molar-refractivity contribution in [2.45, 2.75) is 13.5 Å². The van der Waals surface area contributed by atoms with Crippen LogP contribution < -0.4 is 5.73 Å². The summed E-state index contributed by atoms with van der Waals surface area (Å²) in [6, 6.07) is 9.90. The molecule has 2 heterocycles. The average Bonchev–Trinajstić information content (AvgIpc) is 2.76. The maximum Gasteiger partial charge on any atom is 0.141 e. The van der Waals surface area contributed by atoms with Gasteiger partial charge >= 0.3 is 0 Å². The number of nitrogens with two attached hydrogens (primary N) is 1. The smallest absolute Gasteiger partial charge is 0.141 e. The maximum atomic E-state index is 5.75. The lowest BCUT2D eigenvalue weighted by Gasteiger charge is -2.06. The Morgan fingerprint density at radius 1 is 1.26 bits per heavy atom. The van der Waals surface area contributed by atoms with Gasteiger partial charge in [0.25, 0.3) is 0 Å². The van der Waals surface area contributed by atoms with E-state index < -0.39 is 0 Å². The lowest BCUT2D eigenvalue weighted by Crippen LogP contribution is -1.98. The van der Waals surface area contributed by atoms with Crippen molar-refractivity contribution in [2.24, 2.45) is 0 Å². The number of pyridine rings is 1. The first kappa shape index (κ1) is 12.2. The van der Waals surface area contributed by atoms with Crippen LogP contribution >= 0.6 is 15.9 Å². The monoisotopic (exact) mass is 316 g/mol. The van der Waals surface area contributed by atoms with Crippen LogP contribution in [0.3, 0.4) is 0 Å². The van der Waals surface area contributed by atoms with Crippen molar-refractivity contribution >= 4 is 32.8 Å². The summed E-state index contributed by atoms with van der Waals surface area (Å²) in [5, 5.41) is 0. The van der Waals surface area contributed by atoms with Gasteiger partial charge in [-0.15, -0.1) is 0 Å². The summed E-state index contributed by atoms with van der Waals surface area (Å²) in [7, 11) is 0. The Bertz CT molecular complexity index is 748. The van der Waals surface area contributed by atoms with Crippen LogP contribution in [0.2, 0.25) is 0 Å². The van der Waals surface area contributed by atoms with Gasteiger partial charge in [0, 0.05) is 22.8 Å². The van der Waals surface area contributed by atoms with Crippen molar-refractivity contribution in [2.75, 3.05) is 5.73 Å². The molecule has 96 valence electrons. The number of anilines is 1. The molecule has 0 saturated heterocycles. The molecule has 2 N–H and O–H groups in total. The zero-order chi connectivity index (χ0) is 13.4. The Labute approximate surface area is 119 Å². The van der Waals surface area contributed by atoms with Crippen LogP contribution in [0.4, 0.5) is 5.82 Å². The molecule has 2 aromatic heterocycles. The van der Waals surface area contributed by atoms with Crippen molar-refractivity contribution in [3.8, 4) is 11.4 Å². The summed E-state index contributed by atoms with van der Waals surface area (Å²) >= 11 is 3.48. The SMILES string of the molecule is CCn1c(-c2ccnc(N)c2)nc2cc(Br)ccc21. The molecule has 4 nitrogen and oxygen atoms in total. The van der Waals surface area contributed by atoms with Crippen molar-refractivity contribution in [1.29, 1.82) is 0 Å². The largest absolute Gasteiger partial charge is 0.384 e. The predicted octanol–water partition coefficient (Wildman–Crippen LogP) is 3.46. The normalized spacial score (nSPS) is 11.1. The van der Waals surface area contributed by atoms with E-state index in [1.165, 1.54) is 0 Å². The number of aryl methyl sites for hydroxylation is 1. The second-order valence-electron chi connectivity index (χ2n) is 4.28. The molecule has 0 atom stereocenters. The van der Waals surface area contributed by atoms with E-state index in [0.29, 0.717) is 5.82 Å². The van der Waals surface area contributed by atoms with Gasteiger partial charge in [0.15, 0.2) is 0 Å². The Kier molecular flexibility index (Phi) is 2.98. The first-order valence-electron chi connectivity index (χ1n) is 6.06. The summed E-state index contributed by atoms with van der Waals surface area (Å²) in [6.07, 6.45) is 1.71. The van der Waals surface area contributed by atoms with Gasteiger partial charge in [0.05, 0.1) is 11.0 Å². The number of rotatable bonds is 2. The van der Waals surface area contributed by atoms with Crippen LogP contribution in [0.25, 0.3) is 22.4 Å². The zero-order valence-corrected chi connectivity index (χ0v) is 12.1. The Hall–Kier alpha value is -1.88. The first-order chi connectivity index (χ1) is 9.19. The van der Waals surface area contributed by atoms with Crippen LogP contribution in [0.15, 0.2) is 41.0 Å². The third kappa shape index (κ3) is 2.10. The molecule has 0 bridgehead atoms. The highest BCUT2D eigenvalue weighted by Gasteiger charge is 2.11. The van der Waals surface area contributed by atoms with E-state index in [4.69, 9.17) is 10.7 Å². The van der Waals surface area contributed by atoms with Gasteiger partial charge in [-0.05, 0) is 37.3 Å². The molecule has 0 aliphatic heterocycles. The predicted molar refractivity (Wildman–Crippen MR) is 80.8 cm³/mol. The molecule has 0 amide bonds. The minimum atomic E-state index is 0.508. The molecule has 0 spiro atoms. The van der Waals surface area contributed by atoms with Crippen LogP contribution in [0.1, 0.15) is 6.92 Å². The summed E-state index contributed by atoms with van der Waals surface area (Å²) in [5.41, 5.74) is 8.83. The summed E-state index contributed by atoms with van der Waals surface area (Å²) in [5.74, 6) is 1.43. The van der Waals surface area contributed by atoms with Gasteiger partial charge in [-0.3, -0.25) is 0 Å². The van der Waals surface area contributed by atoms with E-state index >= 15 is 0 Å². The van der Waals surface area contributed by atoms with E-state index in [9.17, 15) is 0 Å². The number of nitrogen functional groups attached to an aromatic ring is 1. The van der Waals surface area contributed by atoms with Crippen molar-refractivity contribution in [3.63, 3.8) is 0 Å². The fraction of sp³-hybridized carbons (Fsp3) is 0.143. The standard InChI is InChI=1S/C14H13BrN4/c1-2-19-12-4-3-10(15)8-11(12)18-14(19)9-5-6-17-13(16)7-9/h3-8H,2H2,1H3,(H2,16,17). The quantitative estimate of drug-likeness (QED) is 0.787. The van der Waals surface area contributed by atoms with Gasteiger partial charge < -0.3 is 10.3 Å². The molecule has 19 heavy (non-hydrogen) atoms. The van der Waals surface area contributed by atoms with Gasteiger partial charge in [-0.1, -0.05) is 15.9 Å². The van der Waals surface area contributed by atoms with E-state index in [1.807, 2.05) is 24.3 Å². The fourth-order valence-corrected chi connectivity index (χ4v) is 2.58. The number of imidazole rings is 1. The number of nitrogens with zero attached hydrogens (tertiary/aromatic N) is 3. The Morgan fingerprint density at radius 3 is 2.84 bits per heavy atom. The third-order valence-corrected chi connectivity index (χ3v) is 3.56. The van der Waals surface area contributed by atoms with Crippen LogP contribution in [0, 0.1) is 0 Å². The maximum absolute atomic E-state index is 5.75. The molecule has 0 aliphatic carbocycles. The highest BCUT2D eigenvalue weighted by atomic mass is 79.9. The van der Waals surface area contributed by atoms with E-state index in [2.05, 4.69) is 38.5 Å². The molecular weight excluding hydrogens is 304 g/mol. The topological polar surface area (TPSA) is 56.7 Å². The van der Waals surface area contributed by atoms with Crippen molar-refractivity contribution in [1.82, 2.24) is 14.5 Å². The van der Waals surface area contributed by atoms with Gasteiger partial charge in [0.1, 0.15) is 11.6 Å². The second-order valence-corrected chi connectivity index (χ2v) is 5.20. The van der Waals surface area contributed by atoms with E-state index in [-0.39, 0.29) is 0 Å². The number of aromatic nitrogens is 3. The average molecular weight is 317 g/mol. The molecule has 0 fully saturated rings. The van der Waals surface area contributed by atoms with Crippen molar-refractivity contribution < 1.29 is 0 Å². The van der Waals surface area contributed by atoms with Gasteiger partial charge in [-0.25, -0.2) is 9.97 Å². The molecular formula is C14H13BrN4. The zero-order valence-electron chi connectivity index (χ0n) is 10.5. The van der Waals surface area contributed by atoms with Crippen LogP contribution in [-0.4, -0.2) is 14.5 Å². The Morgan fingerprint density at radius 2 is 2.11 bits per heavy atom. The minimum absolute atomic E-state index is 0.508. The summed E-state index contributed by atoms with van der Waals surface area (Å²) in [6.45, 7) is 2.97.